The van der Waals surface area contributed by atoms with Crippen LogP contribution in [0.15, 0.2) is 18.2 Å². The Balaban J connectivity index is 2.86. The Kier molecular flexibility index (Phi) is 6.34. The minimum atomic E-state index is 0.00102. The predicted octanol–water partition coefficient (Wildman–Crippen LogP) is 2.70. The molecule has 0 heterocycles. The second-order valence-electron chi connectivity index (χ2n) is 3.68. The number of nitrogens with zero attached hydrogens (tertiary/aromatic N) is 1. The number of halogens is 1. The van der Waals surface area contributed by atoms with Crippen LogP contribution in [0.3, 0.4) is 0 Å². The molecule has 0 aliphatic heterocycles. The molecule has 0 saturated carbocycles. The highest BCUT2D eigenvalue weighted by atomic mass is 35.5. The van der Waals surface area contributed by atoms with Gasteiger partial charge < -0.3 is 14.7 Å². The maximum atomic E-state index is 9.34. The van der Waals surface area contributed by atoms with Crippen molar-refractivity contribution < 1.29 is 9.84 Å². The van der Waals surface area contributed by atoms with E-state index < -0.39 is 0 Å². The van der Waals surface area contributed by atoms with Crippen LogP contribution in [0.4, 0.5) is 5.69 Å². The smallest absolute Gasteiger partial charge is 0.0702 e. The Morgan fingerprint density at radius 3 is 2.71 bits per heavy atom. The third-order valence-corrected chi connectivity index (χ3v) is 2.95. The van der Waals surface area contributed by atoms with Gasteiger partial charge in [-0.25, -0.2) is 0 Å². The molecule has 0 fully saturated rings. The Hall–Kier alpha value is -0.770. The van der Waals surface area contributed by atoms with E-state index in [1.165, 1.54) is 0 Å². The maximum absolute atomic E-state index is 9.34. The predicted molar refractivity (Wildman–Crippen MR) is 71.8 cm³/mol. The van der Waals surface area contributed by atoms with Gasteiger partial charge in [0.25, 0.3) is 0 Å². The molecule has 17 heavy (non-hydrogen) atoms. The number of ether oxygens (including phenoxy) is 1. The van der Waals surface area contributed by atoms with Crippen LogP contribution >= 0.6 is 11.6 Å². The molecule has 1 N–H and O–H groups in total. The minimum Gasteiger partial charge on any atom is -0.392 e. The first-order valence-electron chi connectivity index (χ1n) is 5.95. The Labute approximate surface area is 108 Å². The fourth-order valence-electron chi connectivity index (χ4n) is 1.79. The number of para-hydroxylation sites is 1. The molecule has 0 saturated heterocycles. The summed E-state index contributed by atoms with van der Waals surface area (Å²) in [5.41, 5.74) is 1.77. The van der Waals surface area contributed by atoms with Gasteiger partial charge in [0.2, 0.25) is 0 Å². The summed E-state index contributed by atoms with van der Waals surface area (Å²) in [6, 6.07) is 5.59. The maximum Gasteiger partial charge on any atom is 0.0702 e. The van der Waals surface area contributed by atoms with Gasteiger partial charge in [-0.1, -0.05) is 23.7 Å². The Morgan fingerprint density at radius 2 is 2.12 bits per heavy atom. The summed E-state index contributed by atoms with van der Waals surface area (Å²) in [6.07, 6.45) is 0. The first kappa shape index (κ1) is 14.3. The van der Waals surface area contributed by atoms with Crippen molar-refractivity contribution in [1.29, 1.82) is 0 Å². The van der Waals surface area contributed by atoms with Crippen molar-refractivity contribution >= 4 is 17.3 Å². The molecule has 0 spiro atoms. The van der Waals surface area contributed by atoms with Gasteiger partial charge in [0.1, 0.15) is 0 Å². The van der Waals surface area contributed by atoms with Crippen LogP contribution in [0.1, 0.15) is 19.4 Å². The lowest BCUT2D eigenvalue weighted by molar-refractivity contribution is 0.154. The highest BCUT2D eigenvalue weighted by Gasteiger charge is 2.12. The number of aliphatic hydroxyl groups is 1. The number of hydrogen-bond acceptors (Lipinski definition) is 3. The Bertz CT molecular complexity index is 344. The zero-order valence-corrected chi connectivity index (χ0v) is 11.2. The lowest BCUT2D eigenvalue weighted by Gasteiger charge is -2.26. The summed E-state index contributed by atoms with van der Waals surface area (Å²) in [5.74, 6) is 0. The van der Waals surface area contributed by atoms with Gasteiger partial charge >= 0.3 is 0 Å². The molecule has 1 aromatic rings. The first-order chi connectivity index (χ1) is 8.24. The molecule has 0 aliphatic rings. The summed E-state index contributed by atoms with van der Waals surface area (Å²) in [4.78, 5) is 2.13. The van der Waals surface area contributed by atoms with Crippen LogP contribution in [0.5, 0.6) is 0 Å². The van der Waals surface area contributed by atoms with E-state index in [1.54, 1.807) is 0 Å². The second kappa shape index (κ2) is 7.54. The summed E-state index contributed by atoms with van der Waals surface area (Å²) in [5, 5.41) is 10.0. The largest absolute Gasteiger partial charge is 0.392 e. The van der Waals surface area contributed by atoms with E-state index in [0.29, 0.717) is 18.2 Å². The van der Waals surface area contributed by atoms with Gasteiger partial charge in [0, 0.05) is 25.3 Å². The van der Waals surface area contributed by atoms with Crippen molar-refractivity contribution in [2.75, 3.05) is 31.2 Å². The Morgan fingerprint density at radius 1 is 1.35 bits per heavy atom. The van der Waals surface area contributed by atoms with Gasteiger partial charge in [-0.15, -0.1) is 0 Å². The van der Waals surface area contributed by atoms with Crippen LogP contribution in [0.25, 0.3) is 0 Å². The summed E-state index contributed by atoms with van der Waals surface area (Å²) >= 11 is 6.20. The molecule has 0 unspecified atom stereocenters. The second-order valence-corrected chi connectivity index (χ2v) is 4.09. The molecule has 0 amide bonds. The third kappa shape index (κ3) is 3.87. The lowest BCUT2D eigenvalue weighted by atomic mass is 10.1. The summed E-state index contributed by atoms with van der Waals surface area (Å²) in [6.45, 7) is 7.04. The molecule has 0 atom stereocenters. The fourth-order valence-corrected chi connectivity index (χ4v) is 2.10. The molecular weight excluding hydrogens is 238 g/mol. The normalized spacial score (nSPS) is 10.6. The zero-order valence-electron chi connectivity index (χ0n) is 10.4. The van der Waals surface area contributed by atoms with E-state index in [4.69, 9.17) is 16.3 Å². The molecule has 1 aromatic carbocycles. The lowest BCUT2D eigenvalue weighted by Crippen LogP contribution is -2.28. The van der Waals surface area contributed by atoms with Crippen molar-refractivity contribution in [2.24, 2.45) is 0 Å². The van der Waals surface area contributed by atoms with Crippen molar-refractivity contribution in [3.8, 4) is 0 Å². The number of aliphatic hydroxyl groups excluding tert-OH is 1. The highest BCUT2D eigenvalue weighted by molar-refractivity contribution is 6.33. The zero-order chi connectivity index (χ0) is 12.7. The molecule has 3 nitrogen and oxygen atoms in total. The van der Waals surface area contributed by atoms with E-state index in [1.807, 2.05) is 25.1 Å². The monoisotopic (exact) mass is 257 g/mol. The van der Waals surface area contributed by atoms with Crippen molar-refractivity contribution in [2.45, 2.75) is 20.5 Å². The van der Waals surface area contributed by atoms with Crippen LogP contribution in [-0.2, 0) is 11.3 Å². The molecule has 0 aliphatic carbocycles. The van der Waals surface area contributed by atoms with Crippen molar-refractivity contribution in [1.82, 2.24) is 0 Å². The van der Waals surface area contributed by atoms with Crippen LogP contribution < -0.4 is 4.90 Å². The number of likely N-dealkylation sites (N-methyl/N-ethyl adjacent to an activating group) is 1. The van der Waals surface area contributed by atoms with E-state index in [-0.39, 0.29) is 6.61 Å². The van der Waals surface area contributed by atoms with Gasteiger partial charge in [-0.05, 0) is 19.9 Å². The minimum absolute atomic E-state index is 0.00102. The van der Waals surface area contributed by atoms with Crippen LogP contribution in [0.2, 0.25) is 5.02 Å². The summed E-state index contributed by atoms with van der Waals surface area (Å²) < 4.78 is 5.35. The van der Waals surface area contributed by atoms with Gasteiger partial charge in [0.15, 0.2) is 0 Å². The number of benzene rings is 1. The van der Waals surface area contributed by atoms with Gasteiger partial charge in [-0.2, -0.15) is 0 Å². The highest BCUT2D eigenvalue weighted by Crippen LogP contribution is 2.29. The molecule has 1 rings (SSSR count). The topological polar surface area (TPSA) is 32.7 Å². The molecular formula is C13H20ClNO2. The first-order valence-corrected chi connectivity index (χ1v) is 6.33. The van der Waals surface area contributed by atoms with E-state index >= 15 is 0 Å². The van der Waals surface area contributed by atoms with Gasteiger partial charge in [0.05, 0.1) is 23.9 Å². The van der Waals surface area contributed by atoms with E-state index in [0.717, 1.165) is 24.3 Å². The standard InChI is InChI=1S/C13H20ClNO2/c1-3-15(8-9-17-4-2)13-11(10-16)6-5-7-12(13)14/h5-7,16H,3-4,8-10H2,1-2H3. The quantitative estimate of drug-likeness (QED) is 0.763. The third-order valence-electron chi connectivity index (χ3n) is 2.65. The van der Waals surface area contributed by atoms with Gasteiger partial charge in [-0.3, -0.25) is 0 Å². The average molecular weight is 258 g/mol. The van der Waals surface area contributed by atoms with E-state index in [9.17, 15) is 5.11 Å². The molecule has 0 aromatic heterocycles. The fraction of sp³-hybridized carbons (Fsp3) is 0.538. The molecule has 0 radical (unpaired) electrons. The number of rotatable bonds is 7. The van der Waals surface area contributed by atoms with Crippen molar-refractivity contribution in [3.63, 3.8) is 0 Å². The van der Waals surface area contributed by atoms with Crippen LogP contribution in [0, 0.1) is 0 Å². The molecule has 0 bridgehead atoms. The molecule has 4 heteroatoms. The van der Waals surface area contributed by atoms with E-state index in [2.05, 4.69) is 11.8 Å². The SMILES string of the molecule is CCOCCN(CC)c1c(Cl)cccc1CO. The van der Waals surface area contributed by atoms with Crippen molar-refractivity contribution in [3.05, 3.63) is 28.8 Å². The number of hydrogen-bond donors (Lipinski definition) is 1. The average Bonchev–Trinajstić information content (AvgIpc) is 2.35. The number of anilines is 1. The summed E-state index contributed by atoms with van der Waals surface area (Å²) in [7, 11) is 0. The molecule has 96 valence electrons. The van der Waals surface area contributed by atoms with Crippen LogP contribution in [-0.4, -0.2) is 31.4 Å².